The molecule has 0 aromatic carbocycles. The molecule has 0 radical (unpaired) electrons. The number of hydrogen-bond donors (Lipinski definition) is 2. The first-order valence-electron chi connectivity index (χ1n) is 6.41. The maximum absolute atomic E-state index is 5.82. The van der Waals surface area contributed by atoms with Gasteiger partial charge in [-0.05, 0) is 25.0 Å². The molecule has 1 fully saturated rings. The first kappa shape index (κ1) is 12.2. The second-order valence-electron chi connectivity index (χ2n) is 4.53. The maximum atomic E-state index is 5.82. The number of nitrogens with zero attached hydrogens (tertiary/aromatic N) is 1. The highest BCUT2D eigenvalue weighted by atomic mass is 16.5. The van der Waals surface area contributed by atoms with Crippen LogP contribution in [0.4, 0.5) is 11.5 Å². The molecule has 0 saturated heterocycles. The summed E-state index contributed by atoms with van der Waals surface area (Å²) in [6.07, 6.45) is 8.69. The summed E-state index contributed by atoms with van der Waals surface area (Å²) in [5.74, 6) is 0.550. The minimum Gasteiger partial charge on any atom is -0.384 e. The Labute approximate surface area is 103 Å². The number of nitrogens with one attached hydrogen (secondary N) is 1. The van der Waals surface area contributed by atoms with E-state index in [9.17, 15) is 0 Å². The molecule has 3 N–H and O–H groups in total. The fourth-order valence-electron chi connectivity index (χ4n) is 2.16. The van der Waals surface area contributed by atoms with Gasteiger partial charge in [0.05, 0.1) is 24.6 Å². The lowest BCUT2D eigenvalue weighted by molar-refractivity contribution is 0.0347. The van der Waals surface area contributed by atoms with Gasteiger partial charge in [-0.3, -0.25) is 0 Å². The molecule has 1 heterocycles. The monoisotopic (exact) mass is 235 g/mol. The standard InChI is InChI=1S/C13H21N3O/c14-13-7-6-11(10-16-13)15-8-9-17-12-4-2-1-3-5-12/h6-7,10,12,15H,1-5,8-9H2,(H2,14,16). The fraction of sp³-hybridized carbons (Fsp3) is 0.615. The third kappa shape index (κ3) is 4.23. The number of hydrogen-bond acceptors (Lipinski definition) is 4. The minimum absolute atomic E-state index is 0.482. The molecule has 1 aromatic rings. The molecule has 94 valence electrons. The summed E-state index contributed by atoms with van der Waals surface area (Å²) >= 11 is 0. The number of aromatic nitrogens is 1. The van der Waals surface area contributed by atoms with Crippen LogP contribution >= 0.6 is 0 Å². The molecular formula is C13H21N3O. The summed E-state index contributed by atoms with van der Waals surface area (Å²) in [5.41, 5.74) is 6.51. The summed E-state index contributed by atoms with van der Waals surface area (Å²) in [6, 6.07) is 3.73. The van der Waals surface area contributed by atoms with Crippen LogP contribution < -0.4 is 11.1 Å². The van der Waals surface area contributed by atoms with Gasteiger partial charge >= 0.3 is 0 Å². The van der Waals surface area contributed by atoms with Crippen molar-refractivity contribution in [2.75, 3.05) is 24.2 Å². The van der Waals surface area contributed by atoms with Gasteiger partial charge in [-0.15, -0.1) is 0 Å². The van der Waals surface area contributed by atoms with E-state index in [1.807, 2.05) is 6.07 Å². The zero-order valence-corrected chi connectivity index (χ0v) is 10.2. The Morgan fingerprint density at radius 2 is 2.12 bits per heavy atom. The number of anilines is 2. The largest absolute Gasteiger partial charge is 0.384 e. The molecular weight excluding hydrogens is 214 g/mol. The molecule has 1 aliphatic rings. The van der Waals surface area contributed by atoms with Crippen molar-refractivity contribution in [2.24, 2.45) is 0 Å². The molecule has 0 spiro atoms. The first-order chi connectivity index (χ1) is 8.34. The van der Waals surface area contributed by atoms with Gasteiger partial charge in [-0.2, -0.15) is 0 Å². The second kappa shape index (κ2) is 6.45. The summed E-state index contributed by atoms with van der Waals surface area (Å²) in [5, 5.41) is 3.27. The number of ether oxygens (including phenoxy) is 1. The number of pyridine rings is 1. The fourth-order valence-corrected chi connectivity index (χ4v) is 2.16. The Hall–Kier alpha value is -1.29. The van der Waals surface area contributed by atoms with Crippen LogP contribution in [0.3, 0.4) is 0 Å². The van der Waals surface area contributed by atoms with Gasteiger partial charge in [-0.1, -0.05) is 19.3 Å². The predicted molar refractivity (Wildman–Crippen MR) is 70.0 cm³/mol. The topological polar surface area (TPSA) is 60.2 Å². The highest BCUT2D eigenvalue weighted by Crippen LogP contribution is 2.20. The molecule has 2 rings (SSSR count). The van der Waals surface area contributed by atoms with Crippen LogP contribution in [-0.2, 0) is 4.74 Å². The number of nitrogen functional groups attached to an aromatic ring is 1. The van der Waals surface area contributed by atoms with Gasteiger partial charge in [-0.25, -0.2) is 4.98 Å². The van der Waals surface area contributed by atoms with E-state index in [4.69, 9.17) is 10.5 Å². The van der Waals surface area contributed by atoms with Crippen LogP contribution in [0.25, 0.3) is 0 Å². The third-order valence-electron chi connectivity index (χ3n) is 3.12. The Morgan fingerprint density at radius 1 is 1.29 bits per heavy atom. The zero-order chi connectivity index (χ0) is 11.9. The van der Waals surface area contributed by atoms with Crippen LogP contribution in [0.5, 0.6) is 0 Å². The lowest BCUT2D eigenvalue weighted by atomic mass is 9.98. The van der Waals surface area contributed by atoms with Gasteiger partial charge in [0.2, 0.25) is 0 Å². The van der Waals surface area contributed by atoms with Crippen molar-refractivity contribution in [1.82, 2.24) is 4.98 Å². The van der Waals surface area contributed by atoms with Crippen molar-refractivity contribution in [3.8, 4) is 0 Å². The lowest BCUT2D eigenvalue weighted by Gasteiger charge is -2.22. The SMILES string of the molecule is Nc1ccc(NCCOC2CCCCC2)cn1. The smallest absolute Gasteiger partial charge is 0.123 e. The van der Waals surface area contributed by atoms with Crippen LogP contribution in [0, 0.1) is 0 Å². The van der Waals surface area contributed by atoms with Gasteiger partial charge in [0.1, 0.15) is 5.82 Å². The minimum atomic E-state index is 0.482. The average Bonchev–Trinajstić information content (AvgIpc) is 2.38. The van der Waals surface area contributed by atoms with Crippen molar-refractivity contribution in [3.63, 3.8) is 0 Å². The van der Waals surface area contributed by atoms with E-state index in [1.165, 1.54) is 32.1 Å². The van der Waals surface area contributed by atoms with Crippen LogP contribution in [-0.4, -0.2) is 24.2 Å². The zero-order valence-electron chi connectivity index (χ0n) is 10.2. The van der Waals surface area contributed by atoms with Crippen molar-refractivity contribution in [3.05, 3.63) is 18.3 Å². The Morgan fingerprint density at radius 3 is 2.82 bits per heavy atom. The van der Waals surface area contributed by atoms with E-state index < -0.39 is 0 Å². The maximum Gasteiger partial charge on any atom is 0.123 e. The average molecular weight is 235 g/mol. The Balaban J connectivity index is 1.60. The normalized spacial score (nSPS) is 16.9. The van der Waals surface area contributed by atoms with E-state index in [1.54, 1.807) is 12.3 Å². The molecule has 0 amide bonds. The van der Waals surface area contributed by atoms with E-state index in [0.29, 0.717) is 11.9 Å². The van der Waals surface area contributed by atoms with E-state index in [2.05, 4.69) is 10.3 Å². The predicted octanol–water partition coefficient (Wildman–Crippen LogP) is 2.43. The number of rotatable bonds is 5. The van der Waals surface area contributed by atoms with Crippen LogP contribution in [0.1, 0.15) is 32.1 Å². The van der Waals surface area contributed by atoms with Crippen LogP contribution in [0.2, 0.25) is 0 Å². The summed E-state index contributed by atoms with van der Waals surface area (Å²) < 4.78 is 5.82. The van der Waals surface area contributed by atoms with Gasteiger partial charge in [0, 0.05) is 6.54 Å². The van der Waals surface area contributed by atoms with E-state index in [-0.39, 0.29) is 0 Å². The summed E-state index contributed by atoms with van der Waals surface area (Å²) in [4.78, 5) is 4.02. The third-order valence-corrected chi connectivity index (χ3v) is 3.12. The molecule has 4 heteroatoms. The van der Waals surface area contributed by atoms with Crippen molar-refractivity contribution < 1.29 is 4.74 Å². The molecule has 0 aliphatic heterocycles. The second-order valence-corrected chi connectivity index (χ2v) is 4.53. The summed E-state index contributed by atoms with van der Waals surface area (Å²) in [6.45, 7) is 1.58. The Kier molecular flexibility index (Phi) is 4.62. The molecule has 0 unspecified atom stereocenters. The molecule has 17 heavy (non-hydrogen) atoms. The van der Waals surface area contributed by atoms with Crippen molar-refractivity contribution >= 4 is 11.5 Å². The molecule has 4 nitrogen and oxygen atoms in total. The van der Waals surface area contributed by atoms with E-state index in [0.717, 1.165) is 18.8 Å². The lowest BCUT2D eigenvalue weighted by Crippen LogP contribution is -2.20. The number of nitrogens with two attached hydrogens (primary N) is 1. The van der Waals surface area contributed by atoms with Crippen LogP contribution in [0.15, 0.2) is 18.3 Å². The molecule has 0 bridgehead atoms. The first-order valence-corrected chi connectivity index (χ1v) is 6.41. The molecule has 1 saturated carbocycles. The highest BCUT2D eigenvalue weighted by Gasteiger charge is 2.12. The van der Waals surface area contributed by atoms with Gasteiger partial charge in [0.25, 0.3) is 0 Å². The highest BCUT2D eigenvalue weighted by molar-refractivity contribution is 5.45. The van der Waals surface area contributed by atoms with Crippen molar-refractivity contribution in [2.45, 2.75) is 38.2 Å². The quantitative estimate of drug-likeness (QED) is 0.769. The van der Waals surface area contributed by atoms with Gasteiger partial charge in [0.15, 0.2) is 0 Å². The Bertz CT molecular complexity index is 320. The van der Waals surface area contributed by atoms with Crippen molar-refractivity contribution in [1.29, 1.82) is 0 Å². The van der Waals surface area contributed by atoms with Gasteiger partial charge < -0.3 is 15.8 Å². The molecule has 1 aliphatic carbocycles. The summed E-state index contributed by atoms with van der Waals surface area (Å²) in [7, 11) is 0. The molecule has 0 atom stereocenters. The molecule has 1 aromatic heterocycles. The van der Waals surface area contributed by atoms with E-state index >= 15 is 0 Å².